The Morgan fingerprint density at radius 1 is 1.00 bits per heavy atom. The molecule has 0 aliphatic carbocycles. The minimum absolute atomic E-state index is 0.509. The summed E-state index contributed by atoms with van der Waals surface area (Å²) >= 11 is 9.93. The van der Waals surface area contributed by atoms with E-state index < -0.39 is 0 Å². The number of nitrogens with zero attached hydrogens (tertiary/aromatic N) is 3. The van der Waals surface area contributed by atoms with Crippen molar-refractivity contribution in [2.45, 2.75) is 0 Å². The standard InChI is InChI=1S/C19H15BrClN3O2/c1-25-17-9-18(26-2)14(21)7-12(17)15-11-24-10-13(20)16(8-19(24)22-15)23-5-3-4-6-23/h3-11H,1-2H3. The first-order valence-electron chi connectivity index (χ1n) is 7.84. The van der Waals surface area contributed by atoms with Crippen LogP contribution in [0.2, 0.25) is 5.02 Å². The van der Waals surface area contributed by atoms with Crippen LogP contribution >= 0.6 is 27.5 Å². The number of aromatic nitrogens is 3. The Morgan fingerprint density at radius 2 is 1.73 bits per heavy atom. The van der Waals surface area contributed by atoms with Gasteiger partial charge >= 0.3 is 0 Å². The number of methoxy groups -OCH3 is 2. The molecule has 0 saturated carbocycles. The summed E-state index contributed by atoms with van der Waals surface area (Å²) < 4.78 is 15.7. The Morgan fingerprint density at radius 3 is 2.42 bits per heavy atom. The highest BCUT2D eigenvalue weighted by Gasteiger charge is 2.15. The van der Waals surface area contributed by atoms with Crippen LogP contribution in [0.25, 0.3) is 22.6 Å². The fraction of sp³-hybridized carbons (Fsp3) is 0.105. The number of rotatable bonds is 4. The highest BCUT2D eigenvalue weighted by Crippen LogP contribution is 2.38. The third-order valence-electron chi connectivity index (χ3n) is 4.16. The zero-order chi connectivity index (χ0) is 18.3. The van der Waals surface area contributed by atoms with E-state index in [1.165, 1.54) is 0 Å². The van der Waals surface area contributed by atoms with E-state index in [4.69, 9.17) is 26.1 Å². The first kappa shape index (κ1) is 17.0. The third-order valence-corrected chi connectivity index (χ3v) is 5.06. The third kappa shape index (κ3) is 2.85. The quantitative estimate of drug-likeness (QED) is 0.444. The maximum absolute atomic E-state index is 6.30. The van der Waals surface area contributed by atoms with E-state index in [-0.39, 0.29) is 0 Å². The number of benzene rings is 1. The van der Waals surface area contributed by atoms with Gasteiger partial charge in [-0.1, -0.05) is 11.6 Å². The minimum atomic E-state index is 0.509. The summed E-state index contributed by atoms with van der Waals surface area (Å²) in [6, 6.07) is 9.56. The minimum Gasteiger partial charge on any atom is -0.496 e. The van der Waals surface area contributed by atoms with Crippen molar-refractivity contribution in [1.82, 2.24) is 14.0 Å². The molecule has 0 spiro atoms. The zero-order valence-corrected chi connectivity index (χ0v) is 16.5. The molecule has 5 nitrogen and oxygen atoms in total. The lowest BCUT2D eigenvalue weighted by atomic mass is 10.1. The van der Waals surface area contributed by atoms with Gasteiger partial charge in [0.15, 0.2) is 0 Å². The topological polar surface area (TPSA) is 40.7 Å². The molecule has 0 unspecified atom stereocenters. The summed E-state index contributed by atoms with van der Waals surface area (Å²) in [7, 11) is 3.19. The van der Waals surface area contributed by atoms with E-state index in [2.05, 4.69) is 15.9 Å². The van der Waals surface area contributed by atoms with Gasteiger partial charge in [-0.25, -0.2) is 4.98 Å². The maximum atomic E-state index is 6.30. The second-order valence-electron chi connectivity index (χ2n) is 5.68. The monoisotopic (exact) mass is 431 g/mol. The Hall–Kier alpha value is -2.44. The molecule has 0 radical (unpaired) electrons. The van der Waals surface area contributed by atoms with Crippen molar-refractivity contribution < 1.29 is 9.47 Å². The molecule has 7 heteroatoms. The highest BCUT2D eigenvalue weighted by molar-refractivity contribution is 9.10. The van der Waals surface area contributed by atoms with E-state index in [1.54, 1.807) is 20.3 Å². The number of hydrogen-bond donors (Lipinski definition) is 0. The Kier molecular flexibility index (Phi) is 4.38. The van der Waals surface area contributed by atoms with Crippen molar-refractivity contribution in [2.75, 3.05) is 14.2 Å². The van der Waals surface area contributed by atoms with Crippen molar-refractivity contribution in [2.24, 2.45) is 0 Å². The molecule has 3 aromatic heterocycles. The molecular formula is C19H15BrClN3O2. The van der Waals surface area contributed by atoms with Crippen LogP contribution in [-0.4, -0.2) is 28.2 Å². The Labute approximate surface area is 163 Å². The lowest BCUT2D eigenvalue weighted by molar-refractivity contribution is 0.395. The van der Waals surface area contributed by atoms with Crippen LogP contribution in [0.15, 0.2) is 59.6 Å². The average Bonchev–Trinajstić information content (AvgIpc) is 3.30. The van der Waals surface area contributed by atoms with E-state index in [9.17, 15) is 0 Å². The second-order valence-corrected chi connectivity index (χ2v) is 6.94. The van der Waals surface area contributed by atoms with Crippen LogP contribution in [0.5, 0.6) is 11.5 Å². The van der Waals surface area contributed by atoms with Crippen LogP contribution in [-0.2, 0) is 0 Å². The predicted octanol–water partition coefficient (Wildman–Crippen LogP) is 5.23. The lowest BCUT2D eigenvalue weighted by Crippen LogP contribution is -1.94. The van der Waals surface area contributed by atoms with Crippen LogP contribution in [0.3, 0.4) is 0 Å². The molecule has 0 fully saturated rings. The van der Waals surface area contributed by atoms with E-state index >= 15 is 0 Å². The van der Waals surface area contributed by atoms with Crippen molar-refractivity contribution in [3.63, 3.8) is 0 Å². The number of halogens is 2. The van der Waals surface area contributed by atoms with Gasteiger partial charge in [-0.2, -0.15) is 0 Å². The van der Waals surface area contributed by atoms with Gasteiger partial charge in [-0.15, -0.1) is 0 Å². The Bertz CT molecular complexity index is 1090. The molecule has 1 aromatic carbocycles. The van der Waals surface area contributed by atoms with Crippen LogP contribution in [0.1, 0.15) is 0 Å². The first-order chi connectivity index (χ1) is 12.6. The van der Waals surface area contributed by atoms with Crippen molar-refractivity contribution in [3.8, 4) is 28.4 Å². The molecule has 0 N–H and O–H groups in total. The van der Waals surface area contributed by atoms with Gasteiger partial charge in [0.05, 0.1) is 35.1 Å². The van der Waals surface area contributed by atoms with E-state index in [0.29, 0.717) is 16.5 Å². The molecule has 4 aromatic rings. The first-order valence-corrected chi connectivity index (χ1v) is 9.01. The largest absolute Gasteiger partial charge is 0.496 e. The molecule has 0 bridgehead atoms. The summed E-state index contributed by atoms with van der Waals surface area (Å²) in [5, 5.41) is 0.509. The van der Waals surface area contributed by atoms with Gasteiger partial charge < -0.3 is 18.4 Å². The SMILES string of the molecule is COc1cc(OC)c(-c2cn3cc(Br)c(-n4cccc4)cc3n2)cc1Cl. The number of pyridine rings is 1. The summed E-state index contributed by atoms with van der Waals surface area (Å²) in [4.78, 5) is 4.75. The number of ether oxygens (including phenoxy) is 2. The van der Waals surface area contributed by atoms with Gasteiger partial charge in [0, 0.05) is 42.5 Å². The van der Waals surface area contributed by atoms with Crippen molar-refractivity contribution >= 4 is 33.2 Å². The van der Waals surface area contributed by atoms with Crippen LogP contribution in [0, 0.1) is 0 Å². The molecule has 3 heterocycles. The van der Waals surface area contributed by atoms with Crippen molar-refractivity contribution in [3.05, 3.63) is 64.6 Å². The van der Waals surface area contributed by atoms with Gasteiger partial charge in [-0.05, 0) is 34.1 Å². The molecule has 0 aliphatic heterocycles. The normalized spacial score (nSPS) is 11.1. The summed E-state index contributed by atoms with van der Waals surface area (Å²) in [5.41, 5.74) is 3.41. The fourth-order valence-corrected chi connectivity index (χ4v) is 3.66. The molecule has 0 saturated heterocycles. The smallest absolute Gasteiger partial charge is 0.141 e. The van der Waals surface area contributed by atoms with Gasteiger partial charge in [-0.3, -0.25) is 0 Å². The lowest BCUT2D eigenvalue weighted by Gasteiger charge is -2.10. The van der Waals surface area contributed by atoms with Gasteiger partial charge in [0.1, 0.15) is 17.1 Å². The fourth-order valence-electron chi connectivity index (χ4n) is 2.88. The van der Waals surface area contributed by atoms with Crippen LogP contribution in [0.4, 0.5) is 0 Å². The van der Waals surface area contributed by atoms with Crippen LogP contribution < -0.4 is 9.47 Å². The summed E-state index contributed by atoms with van der Waals surface area (Å²) in [6.07, 6.45) is 7.92. The molecular weight excluding hydrogens is 418 g/mol. The number of hydrogen-bond acceptors (Lipinski definition) is 3. The van der Waals surface area contributed by atoms with Crippen molar-refractivity contribution in [1.29, 1.82) is 0 Å². The molecule has 132 valence electrons. The highest BCUT2D eigenvalue weighted by atomic mass is 79.9. The average molecular weight is 433 g/mol. The molecule has 4 rings (SSSR count). The molecule has 0 atom stereocenters. The Balaban J connectivity index is 1.87. The number of imidazole rings is 1. The van der Waals surface area contributed by atoms with Gasteiger partial charge in [0.25, 0.3) is 0 Å². The van der Waals surface area contributed by atoms with E-state index in [1.807, 2.05) is 58.0 Å². The molecule has 0 amide bonds. The second kappa shape index (κ2) is 6.70. The van der Waals surface area contributed by atoms with E-state index in [0.717, 1.165) is 27.1 Å². The molecule has 0 aliphatic rings. The zero-order valence-electron chi connectivity index (χ0n) is 14.1. The number of fused-ring (bicyclic) bond motifs is 1. The summed E-state index contributed by atoms with van der Waals surface area (Å²) in [6.45, 7) is 0. The maximum Gasteiger partial charge on any atom is 0.141 e. The molecule has 26 heavy (non-hydrogen) atoms. The summed E-state index contributed by atoms with van der Waals surface area (Å²) in [5.74, 6) is 1.22. The predicted molar refractivity (Wildman–Crippen MR) is 106 cm³/mol. The van der Waals surface area contributed by atoms with Gasteiger partial charge in [0.2, 0.25) is 0 Å².